The quantitative estimate of drug-likeness (QED) is 0.0152. The molecule has 25 nitrogen and oxygen atoms in total. The minimum atomic E-state index is -0.143. The highest BCUT2D eigenvalue weighted by Crippen LogP contribution is 2.53. The third-order valence-corrected chi connectivity index (χ3v) is 27.5. The normalized spacial score (nSPS) is 23.7. The second-order valence-corrected chi connectivity index (χ2v) is 36.4. The van der Waals surface area contributed by atoms with Crippen molar-refractivity contribution < 1.29 is 4.39 Å². The Balaban J connectivity index is 0.000000122. The average Bonchev–Trinajstić information content (AvgIpc) is 1.73. The Bertz CT molecular complexity index is 5610. The Morgan fingerprint density at radius 2 is 0.992 bits per heavy atom. The van der Waals surface area contributed by atoms with Crippen LogP contribution in [0.2, 0.25) is 0 Å². The maximum Gasteiger partial charge on any atom is 0.0931 e. The third kappa shape index (κ3) is 18.7. The molecule has 127 heavy (non-hydrogen) atoms. The van der Waals surface area contributed by atoms with Gasteiger partial charge in [-0.1, -0.05) is 91.2 Å². The maximum absolute atomic E-state index is 12.8. The van der Waals surface area contributed by atoms with Crippen LogP contribution in [0.15, 0.2) is 184 Å². The van der Waals surface area contributed by atoms with Crippen LogP contribution in [0.3, 0.4) is 0 Å². The number of nitrogen functional groups attached to an aromatic ring is 1. The molecule has 2 aromatic carbocycles. The number of unbranched alkanes of at least 4 members (excludes halogenated alkanes) is 3. The summed E-state index contributed by atoms with van der Waals surface area (Å²) in [4.78, 5) is 0. The van der Waals surface area contributed by atoms with Gasteiger partial charge >= 0.3 is 0 Å². The number of fused-ring (bicyclic) bond motifs is 6. The number of benzene rings is 2. The standard InChI is InChI=1S/C21H29N5.C21H31N5.C20H23N5.C20H25N5.C19H26FN5/c1-4-6-7-15-10-19(16-12-23-24-13(16)3)22-11-17(15)20-18(5-2)25-26-21(20)14-8-9-14;1-6-8-9-15-10-19(16-12-23-24-14(16)5)22-11-17(15)20-18(7-2)25-26-21(20)13(3)4;1-3-15-19-17(25-24-15)9-8-16-18(19)12-6-4-5-7-13(12)20(22-16)14-10-21-23-11(14)2;1-10-8-16-18(17(11(2)21)19(10)22)13-6-4-5-7-14(13)20(24-16)15-9-23-25-12(15)3;1-4-5-6-14-9-18(15-11-22-23-12(15)2)21-10-16(14)19-13(3)24-25-17(19)7-8-20/h5,10-12,14,18-20,22,25H,2,4,6-9H2,1,3H3,(H,23,24);7,10-13,18-20,22,25H,2,6,8-9H2,1,3-5H3,(H,23,24);8-10,20,22H,3-7H2,1-2H3,(H,21,23)(H,24,25);8-9,20-21,24H,4-7,22H2,1-3H3,(H,23,25);7-11,17-19,21,25H,4-6H2,1-3H3,(H,22,23)/b;;;;8-7+. The summed E-state index contributed by atoms with van der Waals surface area (Å²) in [7, 11) is 0. The first-order chi connectivity index (χ1) is 61.7. The summed E-state index contributed by atoms with van der Waals surface area (Å²) in [6, 6.07) is 7.50. The minimum Gasteiger partial charge on any atom is -0.398 e. The van der Waals surface area contributed by atoms with Crippen molar-refractivity contribution in [2.45, 2.75) is 274 Å². The van der Waals surface area contributed by atoms with E-state index in [-0.39, 0.29) is 60.2 Å². The summed E-state index contributed by atoms with van der Waals surface area (Å²) in [5.74, 6) is 1.66. The first-order valence-electron chi connectivity index (χ1n) is 46.7. The lowest BCUT2D eigenvalue weighted by Gasteiger charge is -2.36. The van der Waals surface area contributed by atoms with Gasteiger partial charge in [0.1, 0.15) is 0 Å². The van der Waals surface area contributed by atoms with E-state index in [0.29, 0.717) is 29.8 Å². The summed E-state index contributed by atoms with van der Waals surface area (Å²) in [5.41, 5.74) is 55.5. The zero-order valence-corrected chi connectivity index (χ0v) is 76.9. The zero-order valence-electron chi connectivity index (χ0n) is 76.9. The Morgan fingerprint density at radius 3 is 1.44 bits per heavy atom. The van der Waals surface area contributed by atoms with Crippen LogP contribution in [0.1, 0.15) is 292 Å². The van der Waals surface area contributed by atoms with Gasteiger partial charge in [0.2, 0.25) is 0 Å². The average molecular weight is 1720 g/mol. The largest absolute Gasteiger partial charge is 0.398 e. The first kappa shape index (κ1) is 89.7. The van der Waals surface area contributed by atoms with Gasteiger partial charge in [-0.25, -0.2) is 4.39 Å². The molecule has 8 aromatic rings. The number of allylic oxidation sites excluding steroid dienone is 5. The number of halogens is 1. The molecule has 0 spiro atoms. The smallest absolute Gasteiger partial charge is 0.0931 e. The molecule has 8 aliphatic heterocycles. The number of nitrogens with zero attached hydrogens (tertiary/aromatic N) is 9. The highest BCUT2D eigenvalue weighted by molar-refractivity contribution is 6.09. The van der Waals surface area contributed by atoms with E-state index in [4.69, 9.17) is 11.1 Å². The molecule has 0 amide bonds. The zero-order chi connectivity index (χ0) is 89.3. The van der Waals surface area contributed by atoms with Gasteiger partial charge in [0, 0.05) is 131 Å². The molecule has 19 rings (SSSR count). The Hall–Kier alpha value is -12.1. The van der Waals surface area contributed by atoms with Crippen LogP contribution in [-0.4, -0.2) is 102 Å². The van der Waals surface area contributed by atoms with E-state index in [0.717, 1.165) is 138 Å². The number of rotatable bonds is 24. The fraction of sp³-hybridized carbons (Fsp3) is 0.465. The predicted molar refractivity (Wildman–Crippen MR) is 516 cm³/mol. The van der Waals surface area contributed by atoms with E-state index >= 15 is 0 Å². The molecule has 670 valence electrons. The first-order valence-corrected chi connectivity index (χ1v) is 46.7. The fourth-order valence-corrected chi connectivity index (χ4v) is 20.4. The van der Waals surface area contributed by atoms with Gasteiger partial charge in [-0.15, -0.1) is 13.2 Å². The molecule has 6 aromatic heterocycles. The highest BCUT2D eigenvalue weighted by Gasteiger charge is 2.44. The minimum absolute atomic E-state index is 0.0500. The number of H-pyrrole nitrogens is 6. The van der Waals surface area contributed by atoms with Gasteiger partial charge in [-0.05, 0) is 262 Å². The lowest BCUT2D eigenvalue weighted by molar-refractivity contribution is 0.578. The highest BCUT2D eigenvalue weighted by atomic mass is 19.1. The van der Waals surface area contributed by atoms with E-state index in [1.54, 1.807) is 5.57 Å². The Kier molecular flexibility index (Phi) is 28.4. The SMILES string of the molecule is C=CC1NN=C(C(C)C)C1C1=CNC(c2cn[nH]c2C)C=C1CCCC.C=CC1NN=C(C2CC2)C1C1=CNC(c2cn[nH]c2C)C=C1CCCC.CC(=N)c1c(N)c(C)cc2c1C1=C(CCCC1)C(c1cn[nH]c1C)N2.CCCCC1=CC(c2cn[nH]c2C)NC=C1C1C(C)=NNC1/C=C/F.CCc1[nH]nc2ccc3c(c12)C1=C(CCCC1)C(c1cn[nH]c1C)N3. The molecule has 0 bridgehead atoms. The van der Waals surface area contributed by atoms with Crippen molar-refractivity contribution in [1.29, 1.82) is 5.41 Å². The number of hydrazone groups is 3. The molecule has 14 heterocycles. The van der Waals surface area contributed by atoms with E-state index in [1.165, 1.54) is 176 Å². The van der Waals surface area contributed by atoms with Crippen molar-refractivity contribution in [2.75, 3.05) is 16.4 Å². The van der Waals surface area contributed by atoms with Crippen LogP contribution >= 0.6 is 0 Å². The number of anilines is 3. The van der Waals surface area contributed by atoms with Crippen LogP contribution in [0.4, 0.5) is 21.5 Å². The second-order valence-electron chi connectivity index (χ2n) is 36.4. The maximum atomic E-state index is 12.8. The van der Waals surface area contributed by atoms with Crippen LogP contribution in [-0.2, 0) is 6.42 Å². The van der Waals surface area contributed by atoms with E-state index in [9.17, 15) is 4.39 Å². The lowest BCUT2D eigenvalue weighted by Crippen LogP contribution is -2.34. The number of nitrogens with two attached hydrogens (primary N) is 1. The van der Waals surface area contributed by atoms with Gasteiger partial charge in [0.15, 0.2) is 0 Å². The van der Waals surface area contributed by atoms with Gasteiger partial charge in [-0.3, -0.25) is 30.6 Å². The number of hydrogen-bond acceptors (Lipinski definition) is 19. The Morgan fingerprint density at radius 1 is 0.543 bits per heavy atom. The van der Waals surface area contributed by atoms with Crippen molar-refractivity contribution in [2.24, 2.45) is 44.9 Å². The van der Waals surface area contributed by atoms with Crippen LogP contribution in [0.25, 0.3) is 22.0 Å². The molecular weight excluding hydrogens is 1580 g/mol. The second kappa shape index (κ2) is 40.3. The summed E-state index contributed by atoms with van der Waals surface area (Å²) in [5, 5.41) is 85.5. The molecule has 11 unspecified atom stereocenters. The van der Waals surface area contributed by atoms with E-state index < -0.39 is 0 Å². The van der Waals surface area contributed by atoms with Gasteiger partial charge in [-0.2, -0.15) is 45.9 Å². The van der Waals surface area contributed by atoms with Crippen LogP contribution in [0, 0.1) is 76.5 Å². The van der Waals surface area contributed by atoms with Crippen LogP contribution < -0.4 is 48.6 Å². The summed E-state index contributed by atoms with van der Waals surface area (Å²) >= 11 is 0. The summed E-state index contributed by atoms with van der Waals surface area (Å²) in [6.45, 7) is 37.6. The van der Waals surface area contributed by atoms with Crippen molar-refractivity contribution in [1.82, 2.24) is 93.4 Å². The molecule has 0 radical (unpaired) electrons. The van der Waals surface area contributed by atoms with Gasteiger partial charge in [0.25, 0.3) is 0 Å². The number of hydrogen-bond donors (Lipinski definition) is 16. The number of aromatic amines is 6. The van der Waals surface area contributed by atoms with Gasteiger partial charge < -0.3 is 54.0 Å². The van der Waals surface area contributed by atoms with E-state index in [2.05, 4.69) is 257 Å². The molecular formula is C101H134FN25. The Labute approximate surface area is 748 Å². The molecule has 11 aliphatic rings. The number of aromatic nitrogens is 12. The third-order valence-electron chi connectivity index (χ3n) is 27.5. The van der Waals surface area contributed by atoms with Crippen molar-refractivity contribution in [3.63, 3.8) is 0 Å². The van der Waals surface area contributed by atoms with Gasteiger partial charge in [0.05, 0.1) is 120 Å². The molecule has 0 saturated heterocycles. The molecule has 1 saturated carbocycles. The van der Waals surface area contributed by atoms with Crippen molar-refractivity contribution >= 4 is 62.0 Å². The number of dihydropyridines is 3. The number of aryl methyl sites for hydroxylation is 7. The summed E-state index contributed by atoms with van der Waals surface area (Å²) in [6.07, 6.45) is 52.5. The molecule has 17 N–H and O–H groups in total. The van der Waals surface area contributed by atoms with Crippen molar-refractivity contribution in [3.05, 3.63) is 253 Å². The monoisotopic (exact) mass is 1720 g/mol. The lowest BCUT2D eigenvalue weighted by atomic mass is 9.76. The summed E-state index contributed by atoms with van der Waals surface area (Å²) < 4.78 is 12.8. The fourth-order valence-electron chi connectivity index (χ4n) is 20.4. The van der Waals surface area contributed by atoms with Crippen LogP contribution in [0.5, 0.6) is 0 Å². The topological polar surface area (TPSA) is 355 Å². The molecule has 26 heteroatoms. The molecule has 1 fully saturated rings. The predicted octanol–water partition coefficient (Wildman–Crippen LogP) is 21.0. The molecule has 3 aliphatic carbocycles. The molecule has 11 atom stereocenters. The van der Waals surface area contributed by atoms with E-state index in [1.807, 2.05) is 70.8 Å². The van der Waals surface area contributed by atoms with Crippen molar-refractivity contribution in [3.8, 4) is 0 Å². The number of nitrogens with one attached hydrogen (secondary N) is 15.